The standard InChI is InChI=1S/C16H21ClN4/c1-4-18-16-10-19-15(9-20-16)11-21(3)12(2)13-5-7-14(17)8-6-13/h5-10,12H,4,11H2,1-3H3,(H,18,20). The van der Waals surface area contributed by atoms with E-state index < -0.39 is 0 Å². The summed E-state index contributed by atoms with van der Waals surface area (Å²) in [5.74, 6) is 0.814. The highest BCUT2D eigenvalue weighted by Gasteiger charge is 2.12. The molecule has 0 fully saturated rings. The van der Waals surface area contributed by atoms with Crippen LogP contribution >= 0.6 is 11.6 Å². The molecule has 1 aromatic carbocycles. The molecule has 1 heterocycles. The van der Waals surface area contributed by atoms with E-state index in [-0.39, 0.29) is 6.04 Å². The van der Waals surface area contributed by atoms with E-state index in [2.05, 4.69) is 46.3 Å². The van der Waals surface area contributed by atoms with Gasteiger partial charge < -0.3 is 5.32 Å². The molecule has 0 aliphatic carbocycles. The molecule has 1 unspecified atom stereocenters. The minimum absolute atomic E-state index is 0.289. The predicted octanol–water partition coefficient (Wildman–Crippen LogP) is 3.75. The molecular formula is C16H21ClN4. The Balaban J connectivity index is 1.99. The maximum atomic E-state index is 5.93. The van der Waals surface area contributed by atoms with E-state index in [4.69, 9.17) is 11.6 Å². The first-order valence-corrected chi connectivity index (χ1v) is 7.48. The maximum absolute atomic E-state index is 5.93. The van der Waals surface area contributed by atoms with Crippen molar-refractivity contribution in [2.75, 3.05) is 18.9 Å². The van der Waals surface area contributed by atoms with Crippen LogP contribution in [0.3, 0.4) is 0 Å². The molecule has 1 aromatic heterocycles. The van der Waals surface area contributed by atoms with Gasteiger partial charge in [-0.1, -0.05) is 23.7 Å². The Kier molecular flexibility index (Phi) is 5.53. The second-order valence-corrected chi connectivity index (χ2v) is 5.50. The first-order chi connectivity index (χ1) is 10.1. The molecule has 0 aliphatic rings. The Labute approximate surface area is 131 Å². The first kappa shape index (κ1) is 15.7. The van der Waals surface area contributed by atoms with Gasteiger partial charge >= 0.3 is 0 Å². The summed E-state index contributed by atoms with van der Waals surface area (Å²) in [6.07, 6.45) is 3.60. The van der Waals surface area contributed by atoms with Gasteiger partial charge in [0.15, 0.2) is 0 Å². The quantitative estimate of drug-likeness (QED) is 0.882. The Morgan fingerprint density at radius 1 is 1.19 bits per heavy atom. The highest BCUT2D eigenvalue weighted by atomic mass is 35.5. The van der Waals surface area contributed by atoms with Gasteiger partial charge in [0, 0.05) is 24.2 Å². The van der Waals surface area contributed by atoms with Crippen LogP contribution in [0.4, 0.5) is 5.82 Å². The van der Waals surface area contributed by atoms with Crippen molar-refractivity contribution in [3.8, 4) is 0 Å². The summed E-state index contributed by atoms with van der Waals surface area (Å²) in [4.78, 5) is 11.0. The van der Waals surface area contributed by atoms with Crippen molar-refractivity contribution in [3.63, 3.8) is 0 Å². The Morgan fingerprint density at radius 3 is 2.48 bits per heavy atom. The van der Waals surface area contributed by atoms with Gasteiger partial charge in [-0.15, -0.1) is 0 Å². The van der Waals surface area contributed by atoms with Crippen LogP contribution in [-0.4, -0.2) is 28.5 Å². The first-order valence-electron chi connectivity index (χ1n) is 7.10. The molecule has 1 atom stereocenters. The minimum atomic E-state index is 0.289. The fourth-order valence-electron chi connectivity index (χ4n) is 2.10. The van der Waals surface area contributed by atoms with Crippen molar-refractivity contribution in [1.29, 1.82) is 0 Å². The monoisotopic (exact) mass is 304 g/mol. The van der Waals surface area contributed by atoms with Crippen molar-refractivity contribution in [2.45, 2.75) is 26.4 Å². The fraction of sp³-hybridized carbons (Fsp3) is 0.375. The summed E-state index contributed by atoms with van der Waals surface area (Å²) >= 11 is 5.93. The lowest BCUT2D eigenvalue weighted by Gasteiger charge is -2.24. The zero-order valence-electron chi connectivity index (χ0n) is 12.7. The molecule has 0 amide bonds. The zero-order chi connectivity index (χ0) is 15.2. The maximum Gasteiger partial charge on any atom is 0.144 e. The Bertz CT molecular complexity index is 553. The van der Waals surface area contributed by atoms with Crippen LogP contribution in [-0.2, 0) is 6.54 Å². The number of nitrogens with one attached hydrogen (secondary N) is 1. The van der Waals surface area contributed by atoms with Crippen molar-refractivity contribution < 1.29 is 0 Å². The zero-order valence-corrected chi connectivity index (χ0v) is 13.4. The molecule has 0 spiro atoms. The average molecular weight is 305 g/mol. The van der Waals surface area contributed by atoms with Gasteiger partial charge in [0.2, 0.25) is 0 Å². The van der Waals surface area contributed by atoms with E-state index in [0.29, 0.717) is 0 Å². The Morgan fingerprint density at radius 2 is 1.90 bits per heavy atom. The van der Waals surface area contributed by atoms with E-state index in [0.717, 1.165) is 29.6 Å². The van der Waals surface area contributed by atoms with E-state index >= 15 is 0 Å². The van der Waals surface area contributed by atoms with Crippen molar-refractivity contribution in [1.82, 2.24) is 14.9 Å². The molecule has 2 aromatic rings. The lowest BCUT2D eigenvalue weighted by atomic mass is 10.1. The average Bonchev–Trinajstić information content (AvgIpc) is 2.49. The highest BCUT2D eigenvalue weighted by molar-refractivity contribution is 6.30. The third kappa shape index (κ3) is 4.41. The van der Waals surface area contributed by atoms with Gasteiger partial charge in [0.1, 0.15) is 5.82 Å². The van der Waals surface area contributed by atoms with Gasteiger partial charge in [-0.25, -0.2) is 4.98 Å². The summed E-state index contributed by atoms with van der Waals surface area (Å²) in [5.41, 5.74) is 2.19. The number of nitrogens with zero attached hydrogens (tertiary/aromatic N) is 3. The topological polar surface area (TPSA) is 41.1 Å². The molecule has 4 nitrogen and oxygen atoms in total. The third-order valence-corrected chi connectivity index (χ3v) is 3.74. The molecule has 2 rings (SSSR count). The van der Waals surface area contributed by atoms with Crippen molar-refractivity contribution >= 4 is 17.4 Å². The van der Waals surface area contributed by atoms with E-state index in [9.17, 15) is 0 Å². The second kappa shape index (κ2) is 7.38. The predicted molar refractivity (Wildman–Crippen MR) is 87.5 cm³/mol. The molecule has 0 aliphatic heterocycles. The molecule has 1 N–H and O–H groups in total. The molecule has 21 heavy (non-hydrogen) atoms. The van der Waals surface area contributed by atoms with Gasteiger partial charge in [-0.2, -0.15) is 0 Å². The fourth-order valence-corrected chi connectivity index (χ4v) is 2.22. The second-order valence-electron chi connectivity index (χ2n) is 5.07. The number of hydrogen-bond acceptors (Lipinski definition) is 4. The van der Waals surface area contributed by atoms with Gasteiger partial charge in [-0.3, -0.25) is 9.88 Å². The van der Waals surface area contributed by atoms with Crippen LogP contribution in [0.1, 0.15) is 31.1 Å². The molecule has 0 radical (unpaired) electrons. The van der Waals surface area contributed by atoms with E-state index in [1.807, 2.05) is 25.3 Å². The summed E-state index contributed by atoms with van der Waals surface area (Å²) < 4.78 is 0. The molecule has 0 saturated heterocycles. The number of rotatable bonds is 6. The number of benzene rings is 1. The van der Waals surface area contributed by atoms with E-state index in [1.165, 1.54) is 5.56 Å². The molecule has 5 heteroatoms. The lowest BCUT2D eigenvalue weighted by molar-refractivity contribution is 0.250. The highest BCUT2D eigenvalue weighted by Crippen LogP contribution is 2.21. The largest absolute Gasteiger partial charge is 0.369 e. The van der Waals surface area contributed by atoms with Crippen LogP contribution in [0.15, 0.2) is 36.7 Å². The number of anilines is 1. The van der Waals surface area contributed by atoms with Crippen LogP contribution in [0.5, 0.6) is 0 Å². The molecule has 0 bridgehead atoms. The Hall–Kier alpha value is -1.65. The molecule has 112 valence electrons. The van der Waals surface area contributed by atoms with Crippen LogP contribution in [0, 0.1) is 0 Å². The van der Waals surface area contributed by atoms with Gasteiger partial charge in [0.05, 0.1) is 18.1 Å². The minimum Gasteiger partial charge on any atom is -0.369 e. The number of aromatic nitrogens is 2. The molecule has 0 saturated carbocycles. The van der Waals surface area contributed by atoms with Crippen LogP contribution < -0.4 is 5.32 Å². The summed E-state index contributed by atoms with van der Waals surface area (Å²) in [6, 6.07) is 8.25. The number of halogens is 1. The van der Waals surface area contributed by atoms with Crippen molar-refractivity contribution in [3.05, 3.63) is 52.9 Å². The lowest BCUT2D eigenvalue weighted by Crippen LogP contribution is -2.22. The van der Waals surface area contributed by atoms with Crippen LogP contribution in [0.25, 0.3) is 0 Å². The summed E-state index contributed by atoms with van der Waals surface area (Å²) in [6.45, 7) is 5.81. The molecular weight excluding hydrogens is 284 g/mol. The third-order valence-electron chi connectivity index (χ3n) is 3.49. The van der Waals surface area contributed by atoms with Crippen molar-refractivity contribution in [2.24, 2.45) is 0 Å². The summed E-state index contributed by atoms with van der Waals surface area (Å²) in [7, 11) is 2.08. The smallest absolute Gasteiger partial charge is 0.144 e. The van der Waals surface area contributed by atoms with Crippen LogP contribution in [0.2, 0.25) is 5.02 Å². The number of hydrogen-bond donors (Lipinski definition) is 1. The summed E-state index contributed by atoms with van der Waals surface area (Å²) in [5, 5.41) is 3.90. The SMILES string of the molecule is CCNc1cnc(CN(C)C(C)c2ccc(Cl)cc2)cn1. The van der Waals surface area contributed by atoms with Gasteiger partial charge in [0.25, 0.3) is 0 Å². The normalized spacial score (nSPS) is 12.4. The van der Waals surface area contributed by atoms with Gasteiger partial charge in [-0.05, 0) is 38.6 Å². The van der Waals surface area contributed by atoms with E-state index in [1.54, 1.807) is 6.20 Å².